The molecule has 0 aliphatic heterocycles. The van der Waals surface area contributed by atoms with Gasteiger partial charge in [0.25, 0.3) is 0 Å². The van der Waals surface area contributed by atoms with E-state index in [1.807, 2.05) is 13.8 Å². The van der Waals surface area contributed by atoms with Crippen LogP contribution in [0.4, 0.5) is 0 Å². The van der Waals surface area contributed by atoms with Gasteiger partial charge < -0.3 is 10.6 Å². The Kier molecular flexibility index (Phi) is 7.48. The van der Waals surface area contributed by atoms with Crippen LogP contribution < -0.4 is 10.6 Å². The molecule has 0 spiro atoms. The number of carbonyl (C=O) groups is 1. The fourth-order valence-corrected chi connectivity index (χ4v) is 1.39. The molecule has 0 rings (SSSR count). The summed E-state index contributed by atoms with van der Waals surface area (Å²) in [6.45, 7) is 9.86. The third kappa shape index (κ3) is 5.97. The zero-order valence-corrected chi connectivity index (χ0v) is 9.89. The number of rotatable bonds is 7. The van der Waals surface area contributed by atoms with Gasteiger partial charge in [0.1, 0.15) is 0 Å². The number of hydrogen-bond donors (Lipinski definition) is 2. The van der Waals surface area contributed by atoms with Crippen molar-refractivity contribution in [2.45, 2.75) is 46.6 Å². The summed E-state index contributed by atoms with van der Waals surface area (Å²) in [7, 11) is 0. The molecule has 0 saturated heterocycles. The van der Waals surface area contributed by atoms with Crippen molar-refractivity contribution in [2.24, 2.45) is 5.92 Å². The van der Waals surface area contributed by atoms with Gasteiger partial charge in [-0.3, -0.25) is 4.79 Å². The minimum Gasteiger partial charge on any atom is -0.355 e. The predicted octanol–water partition coefficient (Wildman–Crippen LogP) is 1.54. The van der Waals surface area contributed by atoms with Crippen molar-refractivity contribution in [3.63, 3.8) is 0 Å². The van der Waals surface area contributed by atoms with Crippen LogP contribution in [-0.4, -0.2) is 25.0 Å². The van der Waals surface area contributed by atoms with E-state index in [0.717, 1.165) is 6.54 Å². The number of amides is 1. The van der Waals surface area contributed by atoms with E-state index >= 15 is 0 Å². The van der Waals surface area contributed by atoms with E-state index < -0.39 is 0 Å². The summed E-state index contributed by atoms with van der Waals surface area (Å²) in [5.74, 6) is 0.744. The highest BCUT2D eigenvalue weighted by atomic mass is 16.2. The smallest absolute Gasteiger partial charge is 0.236 e. The van der Waals surface area contributed by atoms with Gasteiger partial charge in [-0.2, -0.15) is 0 Å². The molecule has 0 saturated carbocycles. The number of nitrogens with one attached hydrogen (secondary N) is 2. The second kappa shape index (κ2) is 7.80. The quantitative estimate of drug-likeness (QED) is 0.654. The van der Waals surface area contributed by atoms with Crippen LogP contribution >= 0.6 is 0 Å². The highest BCUT2D eigenvalue weighted by Crippen LogP contribution is 2.02. The van der Waals surface area contributed by atoms with E-state index in [0.29, 0.717) is 12.5 Å². The summed E-state index contributed by atoms with van der Waals surface area (Å²) in [5.41, 5.74) is 0. The van der Waals surface area contributed by atoms with Crippen molar-refractivity contribution in [3.8, 4) is 0 Å². The summed E-state index contributed by atoms with van der Waals surface area (Å²) in [4.78, 5) is 11.3. The van der Waals surface area contributed by atoms with Crippen molar-refractivity contribution >= 4 is 5.91 Å². The average Bonchev–Trinajstić information content (AvgIpc) is 2.15. The van der Waals surface area contributed by atoms with E-state index in [1.165, 1.54) is 12.8 Å². The van der Waals surface area contributed by atoms with Gasteiger partial charge in [-0.15, -0.1) is 0 Å². The lowest BCUT2D eigenvalue weighted by Gasteiger charge is -2.16. The Morgan fingerprint density at radius 3 is 2.43 bits per heavy atom. The fraction of sp³-hybridized carbons (Fsp3) is 0.909. The topological polar surface area (TPSA) is 41.1 Å². The molecule has 3 heteroatoms. The van der Waals surface area contributed by atoms with E-state index in [9.17, 15) is 4.79 Å². The van der Waals surface area contributed by atoms with E-state index in [2.05, 4.69) is 24.5 Å². The maximum absolute atomic E-state index is 11.3. The minimum atomic E-state index is -0.0748. The van der Waals surface area contributed by atoms with Crippen molar-refractivity contribution in [3.05, 3.63) is 0 Å². The summed E-state index contributed by atoms with van der Waals surface area (Å²) in [6.07, 6.45) is 2.42. The highest BCUT2D eigenvalue weighted by molar-refractivity contribution is 5.81. The second-order valence-corrected chi connectivity index (χ2v) is 3.92. The Balaban J connectivity index is 3.61. The molecule has 0 aliphatic carbocycles. The fourth-order valence-electron chi connectivity index (χ4n) is 1.39. The summed E-state index contributed by atoms with van der Waals surface area (Å²) in [6, 6.07) is -0.0748. The number of likely N-dealkylation sites (N-methyl/N-ethyl adjacent to an activating group) is 1. The molecule has 2 N–H and O–H groups in total. The normalized spacial score (nSPS) is 14.9. The lowest BCUT2D eigenvalue weighted by atomic mass is 10.1. The number of carbonyl (C=O) groups excluding carboxylic acids is 1. The molecule has 0 aliphatic rings. The van der Waals surface area contributed by atoms with Gasteiger partial charge in [0.05, 0.1) is 6.04 Å². The van der Waals surface area contributed by atoms with Crippen molar-refractivity contribution in [1.82, 2.24) is 10.6 Å². The van der Waals surface area contributed by atoms with Gasteiger partial charge in [-0.25, -0.2) is 0 Å². The van der Waals surface area contributed by atoms with Gasteiger partial charge >= 0.3 is 0 Å². The first kappa shape index (κ1) is 13.4. The Morgan fingerprint density at radius 2 is 1.93 bits per heavy atom. The Bertz CT molecular complexity index is 159. The van der Waals surface area contributed by atoms with Crippen LogP contribution in [0.3, 0.4) is 0 Å². The lowest BCUT2D eigenvalue weighted by Crippen LogP contribution is -2.43. The second-order valence-electron chi connectivity index (χ2n) is 3.92. The molecule has 0 aromatic carbocycles. The van der Waals surface area contributed by atoms with Gasteiger partial charge in [0, 0.05) is 6.54 Å². The molecule has 0 fully saturated rings. The first-order valence-corrected chi connectivity index (χ1v) is 5.62. The van der Waals surface area contributed by atoms with Crippen LogP contribution in [0.1, 0.15) is 40.5 Å². The van der Waals surface area contributed by atoms with E-state index in [4.69, 9.17) is 0 Å². The molecule has 2 atom stereocenters. The van der Waals surface area contributed by atoms with Crippen LogP contribution in [0, 0.1) is 5.92 Å². The van der Waals surface area contributed by atoms with Crippen LogP contribution in [0.25, 0.3) is 0 Å². The minimum absolute atomic E-state index is 0.0748. The summed E-state index contributed by atoms with van der Waals surface area (Å²) < 4.78 is 0. The first-order valence-electron chi connectivity index (χ1n) is 5.62. The van der Waals surface area contributed by atoms with Crippen molar-refractivity contribution in [2.75, 3.05) is 13.1 Å². The molecule has 0 aromatic rings. The Morgan fingerprint density at radius 1 is 1.29 bits per heavy atom. The van der Waals surface area contributed by atoms with Crippen LogP contribution in [0.5, 0.6) is 0 Å². The van der Waals surface area contributed by atoms with Gasteiger partial charge in [-0.05, 0) is 32.7 Å². The van der Waals surface area contributed by atoms with Crippen molar-refractivity contribution in [1.29, 1.82) is 0 Å². The Hall–Kier alpha value is -0.570. The third-order valence-electron chi connectivity index (χ3n) is 2.30. The molecule has 1 amide bonds. The lowest BCUT2D eigenvalue weighted by molar-refractivity contribution is -0.122. The average molecular weight is 200 g/mol. The first-order chi connectivity index (χ1) is 6.61. The van der Waals surface area contributed by atoms with E-state index in [-0.39, 0.29) is 11.9 Å². The molecule has 0 aromatic heterocycles. The molecular formula is C11H24N2O. The molecule has 3 nitrogen and oxygen atoms in total. The summed E-state index contributed by atoms with van der Waals surface area (Å²) in [5, 5.41) is 6.04. The van der Waals surface area contributed by atoms with Gasteiger partial charge in [-0.1, -0.05) is 20.3 Å². The summed E-state index contributed by atoms with van der Waals surface area (Å²) >= 11 is 0. The Labute approximate surface area is 87.6 Å². The maximum atomic E-state index is 11.3. The molecule has 0 heterocycles. The van der Waals surface area contributed by atoms with E-state index in [1.54, 1.807) is 0 Å². The molecule has 0 radical (unpaired) electrons. The van der Waals surface area contributed by atoms with Crippen LogP contribution in [0.2, 0.25) is 0 Å². The highest BCUT2D eigenvalue weighted by Gasteiger charge is 2.11. The third-order valence-corrected chi connectivity index (χ3v) is 2.30. The van der Waals surface area contributed by atoms with Gasteiger partial charge in [0.15, 0.2) is 0 Å². The zero-order chi connectivity index (χ0) is 11.0. The van der Waals surface area contributed by atoms with Crippen molar-refractivity contribution < 1.29 is 4.79 Å². The number of hydrogen-bond acceptors (Lipinski definition) is 2. The molecule has 0 bridgehead atoms. The SMILES string of the molecule is CCCC(C)CNC(C)C(=O)NCC. The maximum Gasteiger partial charge on any atom is 0.236 e. The predicted molar refractivity (Wildman–Crippen MR) is 60.2 cm³/mol. The molecule has 84 valence electrons. The molecular weight excluding hydrogens is 176 g/mol. The van der Waals surface area contributed by atoms with Crippen LogP contribution in [0.15, 0.2) is 0 Å². The zero-order valence-electron chi connectivity index (χ0n) is 9.89. The standard InChI is InChI=1S/C11H24N2O/c1-5-7-9(3)8-13-10(4)11(14)12-6-2/h9-10,13H,5-8H2,1-4H3,(H,12,14). The largest absolute Gasteiger partial charge is 0.355 e. The van der Waals surface area contributed by atoms with Crippen LogP contribution in [-0.2, 0) is 4.79 Å². The molecule has 14 heavy (non-hydrogen) atoms. The van der Waals surface area contributed by atoms with Gasteiger partial charge in [0.2, 0.25) is 5.91 Å². The molecule has 2 unspecified atom stereocenters. The monoisotopic (exact) mass is 200 g/mol.